The summed E-state index contributed by atoms with van der Waals surface area (Å²) < 4.78 is 16.5. The van der Waals surface area contributed by atoms with Gasteiger partial charge in [-0.2, -0.15) is 0 Å². The largest absolute Gasteiger partial charge is 0.538 e. The van der Waals surface area contributed by atoms with E-state index < -0.39 is 5.95 Å². The molecule has 0 radical (unpaired) electrons. The molecule has 0 bridgehead atoms. The first kappa shape index (κ1) is 18.6. The molecule has 1 amide bonds. The third kappa shape index (κ3) is 4.32. The van der Waals surface area contributed by atoms with Crippen LogP contribution < -0.4 is 24.6 Å². The molecule has 1 aromatic heterocycles. The molecule has 1 N–H and O–H groups in total. The molecular weight excluding hydrogens is 370 g/mol. The summed E-state index contributed by atoms with van der Waals surface area (Å²) in [6.07, 6.45) is 0. The topological polar surface area (TPSA) is 101 Å². The highest BCUT2D eigenvalue weighted by Crippen LogP contribution is 2.29. The SMILES string of the molecule is COc1ccc(OC)c(NC(=O)CSc2c([O-])on[n+]2-c2ccccc2)c1. The van der Waals surface area contributed by atoms with Gasteiger partial charge in [0.1, 0.15) is 11.5 Å². The second-order valence-corrected chi connectivity index (χ2v) is 6.28. The molecule has 9 heteroatoms. The molecule has 3 aromatic rings. The molecule has 27 heavy (non-hydrogen) atoms. The predicted molar refractivity (Wildman–Crippen MR) is 96.4 cm³/mol. The van der Waals surface area contributed by atoms with Gasteiger partial charge < -0.3 is 24.4 Å². The lowest BCUT2D eigenvalue weighted by Crippen LogP contribution is -2.35. The van der Waals surface area contributed by atoms with Crippen LogP contribution in [0.1, 0.15) is 0 Å². The summed E-state index contributed by atoms with van der Waals surface area (Å²) in [6.45, 7) is 0. The van der Waals surface area contributed by atoms with Gasteiger partial charge in [-0.05, 0) is 28.6 Å². The molecule has 1 heterocycles. The Kier molecular flexibility index (Phi) is 5.82. The van der Waals surface area contributed by atoms with Crippen molar-refractivity contribution in [3.8, 4) is 23.1 Å². The zero-order valence-electron chi connectivity index (χ0n) is 14.7. The maximum atomic E-state index is 12.3. The van der Waals surface area contributed by atoms with Crippen LogP contribution in [-0.2, 0) is 4.79 Å². The van der Waals surface area contributed by atoms with E-state index >= 15 is 0 Å². The molecule has 2 aromatic carbocycles. The number of ether oxygens (including phenoxy) is 2. The van der Waals surface area contributed by atoms with Crippen molar-refractivity contribution in [1.82, 2.24) is 5.27 Å². The third-order valence-corrected chi connectivity index (χ3v) is 4.61. The maximum absolute atomic E-state index is 12.3. The van der Waals surface area contributed by atoms with Crippen LogP contribution >= 0.6 is 11.8 Å². The highest BCUT2D eigenvalue weighted by molar-refractivity contribution is 7.99. The molecular formula is C18H17N3O5S. The lowest BCUT2D eigenvalue weighted by molar-refractivity contribution is -0.705. The second-order valence-electron chi connectivity index (χ2n) is 5.32. The molecule has 0 aliphatic rings. The number of rotatable bonds is 7. The van der Waals surface area contributed by atoms with Gasteiger partial charge in [0, 0.05) is 18.2 Å². The van der Waals surface area contributed by atoms with Crippen molar-refractivity contribution in [1.29, 1.82) is 0 Å². The molecule has 0 saturated heterocycles. The average molecular weight is 387 g/mol. The fraction of sp³-hybridized carbons (Fsp3) is 0.167. The van der Waals surface area contributed by atoms with Gasteiger partial charge in [-0.15, -0.1) is 0 Å². The van der Waals surface area contributed by atoms with E-state index in [1.807, 2.05) is 18.2 Å². The third-order valence-electron chi connectivity index (χ3n) is 3.59. The number of aromatic nitrogens is 2. The number of carbonyl (C=O) groups excluding carboxylic acids is 1. The number of benzene rings is 2. The Morgan fingerprint density at radius 3 is 2.70 bits per heavy atom. The van der Waals surface area contributed by atoms with Crippen molar-refractivity contribution in [3.05, 3.63) is 48.5 Å². The van der Waals surface area contributed by atoms with E-state index in [-0.39, 0.29) is 16.7 Å². The van der Waals surface area contributed by atoms with Crippen molar-refractivity contribution in [2.45, 2.75) is 5.03 Å². The predicted octanol–water partition coefficient (Wildman–Crippen LogP) is 1.77. The number of carbonyl (C=O) groups is 1. The van der Waals surface area contributed by atoms with E-state index in [2.05, 4.69) is 10.6 Å². The Morgan fingerprint density at radius 1 is 1.22 bits per heavy atom. The Labute approximate surface area is 159 Å². The van der Waals surface area contributed by atoms with Crippen LogP contribution in [0, 0.1) is 0 Å². The van der Waals surface area contributed by atoms with Gasteiger partial charge in [0.15, 0.2) is 5.95 Å². The molecule has 8 nitrogen and oxygen atoms in total. The van der Waals surface area contributed by atoms with Crippen LogP contribution in [0.3, 0.4) is 0 Å². The minimum absolute atomic E-state index is 0.0103. The van der Waals surface area contributed by atoms with Crippen molar-refractivity contribution in [2.75, 3.05) is 25.3 Å². The second kappa shape index (κ2) is 8.45. The summed E-state index contributed by atoms with van der Waals surface area (Å²) in [5.41, 5.74) is 1.15. The van der Waals surface area contributed by atoms with E-state index in [9.17, 15) is 9.90 Å². The fourth-order valence-electron chi connectivity index (χ4n) is 2.33. The standard InChI is InChI=1S/C18H17N3O5S/c1-24-13-8-9-15(25-2)14(10-13)19-16(22)11-27-17-18(23)26-20-21(17)12-6-4-3-5-7-12/h3-10H,11H2,1-2H3,(H-,19,20,22,23). The molecule has 0 saturated carbocycles. The molecule has 3 rings (SSSR count). The van der Waals surface area contributed by atoms with Crippen LogP contribution in [0.25, 0.3) is 5.69 Å². The molecule has 0 aliphatic carbocycles. The first-order valence-corrected chi connectivity index (χ1v) is 8.90. The molecule has 0 unspecified atom stereocenters. The Hall–Kier alpha value is -3.20. The van der Waals surface area contributed by atoms with Crippen molar-refractivity contribution >= 4 is 23.4 Å². The summed E-state index contributed by atoms with van der Waals surface area (Å²) in [7, 11) is 3.04. The number of nitrogens with zero attached hydrogens (tertiary/aromatic N) is 2. The first-order chi connectivity index (χ1) is 13.1. The number of anilines is 1. The number of hydrogen-bond donors (Lipinski definition) is 1. The monoisotopic (exact) mass is 387 g/mol. The van der Waals surface area contributed by atoms with Crippen LogP contribution in [0.2, 0.25) is 0 Å². The van der Waals surface area contributed by atoms with Gasteiger partial charge in [-0.25, -0.2) is 0 Å². The van der Waals surface area contributed by atoms with Gasteiger partial charge in [0.25, 0.3) is 5.03 Å². The van der Waals surface area contributed by atoms with Crippen LogP contribution in [0.4, 0.5) is 5.69 Å². The highest BCUT2D eigenvalue weighted by Gasteiger charge is 2.22. The summed E-state index contributed by atoms with van der Waals surface area (Å²) in [4.78, 5) is 12.3. The Morgan fingerprint density at radius 2 is 2.00 bits per heavy atom. The highest BCUT2D eigenvalue weighted by atomic mass is 32.2. The number of amides is 1. The summed E-state index contributed by atoms with van der Waals surface area (Å²) in [6, 6.07) is 14.1. The van der Waals surface area contributed by atoms with E-state index in [4.69, 9.17) is 14.0 Å². The maximum Gasteiger partial charge on any atom is 0.298 e. The minimum atomic E-state index is -0.601. The van der Waals surface area contributed by atoms with Crippen molar-refractivity contribution in [3.63, 3.8) is 0 Å². The average Bonchev–Trinajstić information content (AvgIpc) is 3.07. The molecule has 0 atom stereocenters. The van der Waals surface area contributed by atoms with E-state index in [0.717, 1.165) is 11.8 Å². The Bertz CT molecular complexity index is 930. The number of para-hydroxylation sites is 1. The normalized spacial score (nSPS) is 10.4. The van der Waals surface area contributed by atoms with E-state index in [0.29, 0.717) is 22.9 Å². The van der Waals surface area contributed by atoms with Crippen LogP contribution in [0.5, 0.6) is 17.4 Å². The smallest absolute Gasteiger partial charge is 0.298 e. The Balaban J connectivity index is 1.71. The van der Waals surface area contributed by atoms with Crippen molar-refractivity contribution in [2.24, 2.45) is 0 Å². The molecule has 140 valence electrons. The van der Waals surface area contributed by atoms with Crippen molar-refractivity contribution < 1.29 is 28.6 Å². The summed E-state index contributed by atoms with van der Waals surface area (Å²) >= 11 is 1.04. The summed E-state index contributed by atoms with van der Waals surface area (Å²) in [5.74, 6) is 0.163. The van der Waals surface area contributed by atoms with Crippen LogP contribution in [0.15, 0.2) is 58.1 Å². The van der Waals surface area contributed by atoms with Gasteiger partial charge in [0.05, 0.1) is 30.9 Å². The van der Waals surface area contributed by atoms with E-state index in [1.165, 1.54) is 18.9 Å². The lowest BCUT2D eigenvalue weighted by atomic mass is 10.2. The molecule has 0 fully saturated rings. The number of methoxy groups -OCH3 is 2. The zero-order chi connectivity index (χ0) is 19.2. The van der Waals surface area contributed by atoms with Gasteiger partial charge in [-0.3, -0.25) is 4.79 Å². The number of hydrogen-bond acceptors (Lipinski definition) is 7. The molecule has 0 aliphatic heterocycles. The fourth-order valence-corrected chi connectivity index (χ4v) is 3.08. The van der Waals surface area contributed by atoms with Gasteiger partial charge in [-0.1, -0.05) is 18.2 Å². The quantitative estimate of drug-likeness (QED) is 0.487. The molecule has 0 spiro atoms. The summed E-state index contributed by atoms with van der Waals surface area (Å²) in [5, 5.41) is 18.6. The minimum Gasteiger partial charge on any atom is -0.538 e. The zero-order valence-corrected chi connectivity index (χ0v) is 15.5. The van der Waals surface area contributed by atoms with Crippen LogP contribution in [-0.4, -0.2) is 31.2 Å². The van der Waals surface area contributed by atoms with Gasteiger partial charge in [0.2, 0.25) is 11.6 Å². The first-order valence-electron chi connectivity index (χ1n) is 7.91. The van der Waals surface area contributed by atoms with Gasteiger partial charge >= 0.3 is 0 Å². The number of thioether (sulfide) groups is 1. The lowest BCUT2D eigenvalue weighted by Gasteiger charge is -2.11. The van der Waals surface area contributed by atoms with E-state index in [1.54, 1.807) is 30.3 Å². The number of nitrogens with one attached hydrogen (secondary N) is 1.